The predicted molar refractivity (Wildman–Crippen MR) is 59.9 cm³/mol. The van der Waals surface area contributed by atoms with Gasteiger partial charge in [0.15, 0.2) is 0 Å². The standard InChI is InChI=1S/C13H17NO/c14-13(7-8-13)9-10-1-3-11(4-2-10)15-12-5-6-12/h1-4,12H,5-9,14H2. The van der Waals surface area contributed by atoms with Crippen LogP contribution in [0.15, 0.2) is 24.3 Å². The zero-order chi connectivity index (χ0) is 10.3. The van der Waals surface area contributed by atoms with Crippen LogP contribution in [0.4, 0.5) is 0 Å². The van der Waals surface area contributed by atoms with Crippen LogP contribution in [-0.2, 0) is 6.42 Å². The summed E-state index contributed by atoms with van der Waals surface area (Å²) in [4.78, 5) is 0. The molecule has 2 nitrogen and oxygen atoms in total. The minimum atomic E-state index is 0.110. The largest absolute Gasteiger partial charge is 0.490 e. The summed E-state index contributed by atoms with van der Waals surface area (Å²) in [6, 6.07) is 8.42. The van der Waals surface area contributed by atoms with Gasteiger partial charge in [0.1, 0.15) is 5.75 Å². The van der Waals surface area contributed by atoms with Crippen molar-refractivity contribution in [3.63, 3.8) is 0 Å². The Balaban J connectivity index is 1.64. The number of hydrogen-bond acceptors (Lipinski definition) is 2. The number of nitrogens with two attached hydrogens (primary N) is 1. The van der Waals surface area contributed by atoms with Gasteiger partial charge in [-0.15, -0.1) is 0 Å². The fourth-order valence-corrected chi connectivity index (χ4v) is 1.81. The van der Waals surface area contributed by atoms with Crippen molar-refractivity contribution >= 4 is 0 Å². The maximum absolute atomic E-state index is 6.08. The quantitative estimate of drug-likeness (QED) is 0.814. The van der Waals surface area contributed by atoms with Gasteiger partial charge < -0.3 is 10.5 Å². The number of ether oxygens (including phenoxy) is 1. The molecule has 0 aliphatic heterocycles. The van der Waals surface area contributed by atoms with Gasteiger partial charge in [0.2, 0.25) is 0 Å². The van der Waals surface area contributed by atoms with E-state index in [0.29, 0.717) is 6.10 Å². The van der Waals surface area contributed by atoms with Gasteiger partial charge in [0.05, 0.1) is 6.10 Å². The lowest BCUT2D eigenvalue weighted by molar-refractivity contribution is 0.303. The average Bonchev–Trinajstić information content (AvgIpc) is 3.10. The van der Waals surface area contributed by atoms with E-state index in [9.17, 15) is 0 Å². The molecular weight excluding hydrogens is 186 g/mol. The van der Waals surface area contributed by atoms with Gasteiger partial charge in [0.25, 0.3) is 0 Å². The highest BCUT2D eigenvalue weighted by Crippen LogP contribution is 2.36. The zero-order valence-electron chi connectivity index (χ0n) is 8.91. The molecule has 0 saturated heterocycles. The van der Waals surface area contributed by atoms with E-state index in [1.54, 1.807) is 0 Å². The fraction of sp³-hybridized carbons (Fsp3) is 0.538. The molecule has 2 N–H and O–H groups in total. The second kappa shape index (κ2) is 3.24. The third kappa shape index (κ3) is 2.32. The van der Waals surface area contributed by atoms with Crippen LogP contribution >= 0.6 is 0 Å². The summed E-state index contributed by atoms with van der Waals surface area (Å²) in [6.07, 6.45) is 6.28. The van der Waals surface area contributed by atoms with Crippen LogP contribution in [0.2, 0.25) is 0 Å². The molecule has 2 aliphatic rings. The molecule has 1 aromatic rings. The summed E-state index contributed by atoms with van der Waals surface area (Å²) in [7, 11) is 0. The van der Waals surface area contributed by atoms with E-state index in [0.717, 1.165) is 12.2 Å². The van der Waals surface area contributed by atoms with Gasteiger partial charge in [-0.3, -0.25) is 0 Å². The van der Waals surface area contributed by atoms with Gasteiger partial charge >= 0.3 is 0 Å². The molecule has 0 aromatic heterocycles. The van der Waals surface area contributed by atoms with Crippen molar-refractivity contribution in [3.8, 4) is 5.75 Å². The molecule has 0 unspecified atom stereocenters. The second-order valence-electron chi connectivity index (χ2n) is 5.00. The predicted octanol–water partition coefficient (Wildman–Crippen LogP) is 2.26. The van der Waals surface area contributed by atoms with Crippen LogP contribution in [0.25, 0.3) is 0 Å². The van der Waals surface area contributed by atoms with Crippen LogP contribution in [-0.4, -0.2) is 11.6 Å². The van der Waals surface area contributed by atoms with Crippen molar-refractivity contribution in [2.75, 3.05) is 0 Å². The van der Waals surface area contributed by atoms with E-state index in [1.165, 1.54) is 31.2 Å². The minimum absolute atomic E-state index is 0.110. The van der Waals surface area contributed by atoms with Crippen molar-refractivity contribution in [1.29, 1.82) is 0 Å². The summed E-state index contributed by atoms with van der Waals surface area (Å²) < 4.78 is 5.69. The van der Waals surface area contributed by atoms with Gasteiger partial charge in [-0.25, -0.2) is 0 Å². The normalized spacial score (nSPS) is 22.5. The maximum atomic E-state index is 6.08. The highest BCUT2D eigenvalue weighted by atomic mass is 16.5. The third-order valence-electron chi connectivity index (χ3n) is 3.20. The van der Waals surface area contributed by atoms with Crippen LogP contribution in [0.1, 0.15) is 31.2 Å². The number of benzene rings is 1. The summed E-state index contributed by atoms with van der Waals surface area (Å²) in [5, 5.41) is 0. The molecule has 0 spiro atoms. The monoisotopic (exact) mass is 203 g/mol. The summed E-state index contributed by atoms with van der Waals surface area (Å²) >= 11 is 0. The highest BCUT2D eigenvalue weighted by molar-refractivity contribution is 5.29. The van der Waals surface area contributed by atoms with Crippen LogP contribution in [0, 0.1) is 0 Å². The first-order chi connectivity index (χ1) is 7.23. The van der Waals surface area contributed by atoms with E-state index in [-0.39, 0.29) is 5.54 Å². The summed E-state index contributed by atoms with van der Waals surface area (Å²) in [6.45, 7) is 0. The van der Waals surface area contributed by atoms with Gasteiger partial charge in [-0.2, -0.15) is 0 Å². The van der Waals surface area contributed by atoms with Crippen molar-refractivity contribution < 1.29 is 4.74 Å². The fourth-order valence-electron chi connectivity index (χ4n) is 1.81. The lowest BCUT2D eigenvalue weighted by Gasteiger charge is -2.09. The molecule has 3 rings (SSSR count). The highest BCUT2D eigenvalue weighted by Gasteiger charge is 2.37. The molecule has 0 bridgehead atoms. The molecule has 0 heterocycles. The van der Waals surface area contributed by atoms with Crippen LogP contribution in [0.5, 0.6) is 5.75 Å². The van der Waals surface area contributed by atoms with E-state index >= 15 is 0 Å². The van der Waals surface area contributed by atoms with E-state index in [4.69, 9.17) is 10.5 Å². The van der Waals surface area contributed by atoms with Gasteiger partial charge in [-0.1, -0.05) is 12.1 Å². The average molecular weight is 203 g/mol. The maximum Gasteiger partial charge on any atom is 0.119 e. The van der Waals surface area contributed by atoms with Crippen molar-refractivity contribution in [2.24, 2.45) is 5.73 Å². The SMILES string of the molecule is NC1(Cc2ccc(OC3CC3)cc2)CC1. The first kappa shape index (κ1) is 9.22. The Bertz CT molecular complexity index is 349. The first-order valence-corrected chi connectivity index (χ1v) is 5.78. The van der Waals surface area contributed by atoms with Crippen molar-refractivity contribution in [3.05, 3.63) is 29.8 Å². The Labute approximate surface area is 90.4 Å². The molecule has 2 aliphatic carbocycles. The summed E-state index contributed by atoms with van der Waals surface area (Å²) in [5.74, 6) is 1.00. The Hall–Kier alpha value is -1.02. The zero-order valence-corrected chi connectivity index (χ0v) is 8.91. The Kier molecular flexibility index (Phi) is 1.99. The molecule has 0 radical (unpaired) electrons. The van der Waals surface area contributed by atoms with Gasteiger partial charge in [0, 0.05) is 5.54 Å². The second-order valence-corrected chi connectivity index (χ2v) is 5.00. The Morgan fingerprint density at radius 1 is 1.20 bits per heavy atom. The summed E-state index contributed by atoms with van der Waals surface area (Å²) in [5.41, 5.74) is 7.52. The lowest BCUT2D eigenvalue weighted by Crippen LogP contribution is -2.24. The first-order valence-electron chi connectivity index (χ1n) is 5.78. The number of hydrogen-bond donors (Lipinski definition) is 1. The topological polar surface area (TPSA) is 35.2 Å². The minimum Gasteiger partial charge on any atom is -0.490 e. The van der Waals surface area contributed by atoms with Gasteiger partial charge in [-0.05, 0) is 49.8 Å². The number of rotatable bonds is 4. The van der Waals surface area contributed by atoms with E-state index in [2.05, 4.69) is 24.3 Å². The van der Waals surface area contributed by atoms with Crippen molar-refractivity contribution in [1.82, 2.24) is 0 Å². The molecule has 1 aromatic carbocycles. The van der Waals surface area contributed by atoms with E-state index in [1.807, 2.05) is 0 Å². The molecule has 2 fully saturated rings. The van der Waals surface area contributed by atoms with Crippen LogP contribution in [0.3, 0.4) is 0 Å². The molecule has 2 saturated carbocycles. The van der Waals surface area contributed by atoms with E-state index < -0.39 is 0 Å². The third-order valence-corrected chi connectivity index (χ3v) is 3.20. The molecule has 0 atom stereocenters. The molecule has 15 heavy (non-hydrogen) atoms. The molecular formula is C13H17NO. The Morgan fingerprint density at radius 3 is 2.40 bits per heavy atom. The lowest BCUT2D eigenvalue weighted by atomic mass is 10.1. The molecule has 2 heteroatoms. The van der Waals surface area contributed by atoms with Crippen molar-refractivity contribution in [2.45, 2.75) is 43.7 Å². The smallest absolute Gasteiger partial charge is 0.119 e. The molecule has 0 amide bonds. The van der Waals surface area contributed by atoms with Crippen LogP contribution < -0.4 is 10.5 Å². The molecule has 80 valence electrons. The Morgan fingerprint density at radius 2 is 1.87 bits per heavy atom.